The zero-order chi connectivity index (χ0) is 32.6. The Labute approximate surface area is 264 Å². The van der Waals surface area contributed by atoms with Crippen molar-refractivity contribution in [2.24, 2.45) is 23.2 Å². The minimum Gasteiger partial charge on any atom is -0.394 e. The zero-order valence-electron chi connectivity index (χ0n) is 27.8. The Kier molecular flexibility index (Phi) is 9.86. The van der Waals surface area contributed by atoms with Crippen LogP contribution in [-0.4, -0.2) is 86.6 Å². The van der Waals surface area contributed by atoms with E-state index in [1.807, 2.05) is 49.1 Å². The maximum atomic E-state index is 15.0. The van der Waals surface area contributed by atoms with Crippen molar-refractivity contribution in [2.75, 3.05) is 19.7 Å². The molecule has 4 rings (SSSR count). The molecule has 8 nitrogen and oxygen atoms in total. The molecule has 3 fully saturated rings. The molecule has 44 heavy (non-hydrogen) atoms. The molecule has 6 atom stereocenters. The summed E-state index contributed by atoms with van der Waals surface area (Å²) in [6.45, 7) is 23.0. The van der Waals surface area contributed by atoms with Gasteiger partial charge in [0.25, 0.3) is 0 Å². The molecule has 0 aromatic heterocycles. The van der Waals surface area contributed by atoms with Gasteiger partial charge in [0.2, 0.25) is 17.7 Å². The maximum absolute atomic E-state index is 15.0. The first-order valence-corrected chi connectivity index (χ1v) is 16.1. The number of nitrogens with zero attached hydrogens (tertiary/aromatic N) is 3. The molecule has 1 N–H and O–H groups in total. The number of rotatable bonds is 13. The van der Waals surface area contributed by atoms with Gasteiger partial charge < -0.3 is 24.5 Å². The lowest BCUT2D eigenvalue weighted by molar-refractivity contribution is -0.156. The van der Waals surface area contributed by atoms with Crippen LogP contribution < -0.4 is 0 Å². The number of carbonyl (C=O) groups is 3. The predicted octanol–water partition coefficient (Wildman–Crippen LogP) is 4.82. The van der Waals surface area contributed by atoms with Gasteiger partial charge >= 0.3 is 0 Å². The SMILES string of the molecule is C=CCN(Cc1ccccc1)C(=O)[C@@H]1[C@H]2C(=O)N([C@@H](CO)C(C)C)C(C(=O)N(CC=C)C(C)(C)CC(C)(C)C)C23CC[C@H]1O3. The average molecular weight is 608 g/mol. The van der Waals surface area contributed by atoms with E-state index in [-0.39, 0.29) is 35.7 Å². The second-order valence-corrected chi connectivity index (χ2v) is 15.1. The predicted molar refractivity (Wildman–Crippen MR) is 172 cm³/mol. The summed E-state index contributed by atoms with van der Waals surface area (Å²) in [6.07, 6.45) is 4.78. The fraction of sp³-hybridized carbons (Fsp3) is 0.639. The quantitative estimate of drug-likeness (QED) is 0.325. The van der Waals surface area contributed by atoms with E-state index in [0.717, 1.165) is 12.0 Å². The van der Waals surface area contributed by atoms with Crippen LogP contribution in [0.5, 0.6) is 0 Å². The molecule has 2 unspecified atom stereocenters. The largest absolute Gasteiger partial charge is 0.394 e. The lowest BCUT2D eigenvalue weighted by atomic mass is 9.70. The minimum atomic E-state index is -1.15. The van der Waals surface area contributed by atoms with E-state index < -0.39 is 41.2 Å². The Hall–Kier alpha value is -2.97. The number of fused-ring (bicyclic) bond motifs is 1. The van der Waals surface area contributed by atoms with Gasteiger partial charge in [-0.2, -0.15) is 0 Å². The first-order chi connectivity index (χ1) is 20.6. The Morgan fingerprint density at radius 2 is 1.73 bits per heavy atom. The van der Waals surface area contributed by atoms with E-state index in [1.165, 1.54) is 0 Å². The fourth-order valence-corrected chi connectivity index (χ4v) is 8.34. The first-order valence-electron chi connectivity index (χ1n) is 16.1. The van der Waals surface area contributed by atoms with Crippen molar-refractivity contribution >= 4 is 17.7 Å². The van der Waals surface area contributed by atoms with E-state index in [9.17, 15) is 19.5 Å². The van der Waals surface area contributed by atoms with Crippen molar-refractivity contribution in [3.05, 3.63) is 61.2 Å². The number of amides is 3. The van der Waals surface area contributed by atoms with E-state index in [0.29, 0.717) is 32.5 Å². The minimum absolute atomic E-state index is 0.0615. The van der Waals surface area contributed by atoms with Crippen LogP contribution in [0.25, 0.3) is 0 Å². The van der Waals surface area contributed by atoms with Crippen molar-refractivity contribution < 1.29 is 24.2 Å². The normalized spacial score (nSPS) is 26.9. The van der Waals surface area contributed by atoms with Crippen molar-refractivity contribution in [1.29, 1.82) is 0 Å². The first kappa shape index (κ1) is 33.9. The molecule has 0 saturated carbocycles. The van der Waals surface area contributed by atoms with Crippen LogP contribution in [-0.2, 0) is 25.7 Å². The van der Waals surface area contributed by atoms with Gasteiger partial charge in [-0.15, -0.1) is 13.2 Å². The third-order valence-electron chi connectivity index (χ3n) is 9.72. The fourth-order valence-electron chi connectivity index (χ4n) is 8.34. The highest BCUT2D eigenvalue weighted by molar-refractivity contribution is 5.99. The monoisotopic (exact) mass is 607 g/mol. The molecule has 1 aromatic carbocycles. The Balaban J connectivity index is 1.79. The van der Waals surface area contributed by atoms with Gasteiger partial charge in [-0.25, -0.2) is 0 Å². The topological polar surface area (TPSA) is 90.4 Å². The number of aliphatic hydroxyl groups excluding tert-OH is 1. The number of hydrogen-bond donors (Lipinski definition) is 1. The summed E-state index contributed by atoms with van der Waals surface area (Å²) in [5.74, 6) is -2.30. The zero-order valence-corrected chi connectivity index (χ0v) is 27.8. The van der Waals surface area contributed by atoms with Gasteiger partial charge in [-0.3, -0.25) is 14.4 Å². The van der Waals surface area contributed by atoms with Gasteiger partial charge in [0, 0.05) is 25.2 Å². The highest BCUT2D eigenvalue weighted by Crippen LogP contribution is 2.59. The number of benzene rings is 1. The van der Waals surface area contributed by atoms with Crippen molar-refractivity contribution in [3.8, 4) is 0 Å². The number of aliphatic hydroxyl groups is 1. The van der Waals surface area contributed by atoms with Crippen LogP contribution >= 0.6 is 0 Å². The molecule has 0 radical (unpaired) electrons. The van der Waals surface area contributed by atoms with Gasteiger partial charge in [0.05, 0.1) is 30.6 Å². The van der Waals surface area contributed by atoms with Crippen LogP contribution in [0.15, 0.2) is 55.6 Å². The van der Waals surface area contributed by atoms with E-state index in [2.05, 4.69) is 47.8 Å². The van der Waals surface area contributed by atoms with Crippen LogP contribution in [0.2, 0.25) is 0 Å². The Morgan fingerprint density at radius 3 is 2.27 bits per heavy atom. The number of carbonyl (C=O) groups excluding carboxylic acids is 3. The molecule has 3 saturated heterocycles. The van der Waals surface area contributed by atoms with Gasteiger partial charge in [-0.05, 0) is 50.0 Å². The van der Waals surface area contributed by atoms with Crippen LogP contribution in [0.4, 0.5) is 0 Å². The molecule has 1 spiro atoms. The van der Waals surface area contributed by atoms with Crippen LogP contribution in [0, 0.1) is 23.2 Å². The molecule has 242 valence electrons. The summed E-state index contributed by atoms with van der Waals surface area (Å²) >= 11 is 0. The summed E-state index contributed by atoms with van der Waals surface area (Å²) in [5, 5.41) is 10.6. The maximum Gasteiger partial charge on any atom is 0.249 e. The standard InChI is InChI=1S/C36H53N3O5/c1-10-19-37(21-25-15-13-12-14-16-25)31(41)28-27-17-18-36(44-27)29(28)32(42)39(26(22-40)24(3)4)30(36)33(43)38(20-11-2)35(8,9)23-34(5,6)7/h10-16,24,26-30,40H,1-2,17-23H2,3-9H3/t26-,27+,28-,29-,30?,36?/m0/s1. The molecular weight excluding hydrogens is 554 g/mol. The summed E-state index contributed by atoms with van der Waals surface area (Å²) in [4.78, 5) is 49.2. The second-order valence-electron chi connectivity index (χ2n) is 15.1. The second kappa shape index (κ2) is 12.8. The van der Waals surface area contributed by atoms with E-state index in [4.69, 9.17) is 4.74 Å². The van der Waals surface area contributed by atoms with Gasteiger partial charge in [0.1, 0.15) is 11.6 Å². The highest BCUT2D eigenvalue weighted by atomic mass is 16.5. The van der Waals surface area contributed by atoms with Crippen molar-refractivity contribution in [3.63, 3.8) is 0 Å². The van der Waals surface area contributed by atoms with Crippen LogP contribution in [0.3, 0.4) is 0 Å². The molecule has 3 amide bonds. The van der Waals surface area contributed by atoms with Crippen molar-refractivity contribution in [1.82, 2.24) is 14.7 Å². The summed E-state index contributed by atoms with van der Waals surface area (Å²) in [6, 6.07) is 8.20. The average Bonchev–Trinajstić information content (AvgIpc) is 3.58. The molecule has 1 aromatic rings. The molecule has 8 heteroatoms. The lowest BCUT2D eigenvalue weighted by Crippen LogP contribution is -2.63. The summed E-state index contributed by atoms with van der Waals surface area (Å²) in [7, 11) is 0. The van der Waals surface area contributed by atoms with Crippen LogP contribution in [0.1, 0.15) is 73.3 Å². The molecule has 3 aliphatic rings. The molecular formula is C36H53N3O5. The summed E-state index contributed by atoms with van der Waals surface area (Å²) in [5.41, 5.74) is -0.781. The number of hydrogen-bond acceptors (Lipinski definition) is 5. The Morgan fingerprint density at radius 1 is 1.09 bits per heavy atom. The molecule has 0 aliphatic carbocycles. The lowest BCUT2D eigenvalue weighted by Gasteiger charge is -2.46. The number of likely N-dealkylation sites (tertiary alicyclic amines) is 1. The molecule has 3 heterocycles. The smallest absolute Gasteiger partial charge is 0.249 e. The third-order valence-corrected chi connectivity index (χ3v) is 9.72. The molecule has 2 bridgehead atoms. The molecule has 3 aliphatic heterocycles. The third kappa shape index (κ3) is 6.12. The van der Waals surface area contributed by atoms with Crippen molar-refractivity contribution in [2.45, 2.75) is 104 Å². The Bertz CT molecular complexity index is 1240. The highest BCUT2D eigenvalue weighted by Gasteiger charge is 2.75. The van der Waals surface area contributed by atoms with E-state index >= 15 is 0 Å². The van der Waals surface area contributed by atoms with E-state index in [1.54, 1.807) is 22.0 Å². The summed E-state index contributed by atoms with van der Waals surface area (Å²) < 4.78 is 6.76. The number of ether oxygens (including phenoxy) is 1. The van der Waals surface area contributed by atoms with Gasteiger partial charge in [-0.1, -0.05) is 77.1 Å². The van der Waals surface area contributed by atoms with Gasteiger partial charge in [0.15, 0.2) is 0 Å².